The molecule has 0 fully saturated rings. The summed E-state index contributed by atoms with van der Waals surface area (Å²) in [5.41, 5.74) is -0.242. The van der Waals surface area contributed by atoms with Crippen molar-refractivity contribution in [3.05, 3.63) is 101 Å². The largest absolute Gasteiger partial charge is 0.298 e. The monoisotopic (exact) mass is 544 g/mol. The molecule has 2 N–H and O–H groups in total. The van der Waals surface area contributed by atoms with Crippen molar-refractivity contribution >= 4 is 53.6 Å². The van der Waals surface area contributed by atoms with Crippen LogP contribution < -0.4 is 10.0 Å². The molecule has 0 spiro atoms. The summed E-state index contributed by atoms with van der Waals surface area (Å²) >= 11 is 0.680. The van der Waals surface area contributed by atoms with Crippen LogP contribution in [-0.2, 0) is 19.9 Å². The van der Waals surface area contributed by atoms with Crippen LogP contribution in [0.2, 0.25) is 0 Å². The van der Waals surface area contributed by atoms with Crippen LogP contribution in [0.15, 0.2) is 99.1 Å². The van der Waals surface area contributed by atoms with Gasteiger partial charge in [0.15, 0.2) is 5.13 Å². The maximum absolute atomic E-state index is 12.9. The molecule has 0 aliphatic carbocycles. The molecule has 0 aliphatic heterocycles. The van der Waals surface area contributed by atoms with E-state index in [-0.39, 0.29) is 36.1 Å². The summed E-state index contributed by atoms with van der Waals surface area (Å²) in [5, 5.41) is 13.2. The molecular weight excluding hydrogens is 528 g/mol. The minimum Gasteiger partial charge on any atom is -0.298 e. The zero-order valence-corrected chi connectivity index (χ0v) is 20.5. The van der Waals surface area contributed by atoms with Crippen LogP contribution in [0.4, 0.5) is 16.5 Å². The van der Waals surface area contributed by atoms with Gasteiger partial charge in [0.1, 0.15) is 4.21 Å². The molecule has 36 heavy (non-hydrogen) atoms. The molecule has 1 amide bonds. The third-order valence-corrected chi connectivity index (χ3v) is 9.32. The lowest BCUT2D eigenvalue weighted by molar-refractivity contribution is -0.384. The average molecular weight is 545 g/mol. The minimum absolute atomic E-state index is 0.00742. The number of anilines is 2. The van der Waals surface area contributed by atoms with Gasteiger partial charge >= 0.3 is 0 Å². The molecule has 0 saturated heterocycles. The number of nitrogens with one attached hydrogen (secondary N) is 2. The van der Waals surface area contributed by atoms with E-state index in [1.807, 2.05) is 0 Å². The van der Waals surface area contributed by atoms with Gasteiger partial charge in [-0.1, -0.05) is 41.7 Å². The first-order chi connectivity index (χ1) is 17.1. The summed E-state index contributed by atoms with van der Waals surface area (Å²) < 4.78 is 53.2. The fourth-order valence-electron chi connectivity index (χ4n) is 3.04. The molecule has 4 aromatic rings. The van der Waals surface area contributed by atoms with Gasteiger partial charge in [-0.3, -0.25) is 24.9 Å². The molecule has 0 radical (unpaired) electrons. The Morgan fingerprint density at radius 1 is 0.861 bits per heavy atom. The van der Waals surface area contributed by atoms with Crippen molar-refractivity contribution in [1.82, 2.24) is 4.98 Å². The number of hydrogen-bond acceptors (Lipinski definition) is 9. The van der Waals surface area contributed by atoms with E-state index in [4.69, 9.17) is 0 Å². The molecule has 0 unspecified atom stereocenters. The van der Waals surface area contributed by atoms with Gasteiger partial charge in [-0.05, 0) is 36.4 Å². The first-order valence-corrected chi connectivity index (χ1v) is 13.8. The summed E-state index contributed by atoms with van der Waals surface area (Å²) in [6, 6.07) is 17.9. The number of para-hydroxylation sites is 1. The number of sulfone groups is 1. The lowest BCUT2D eigenvalue weighted by Gasteiger charge is -2.12. The summed E-state index contributed by atoms with van der Waals surface area (Å²) in [4.78, 5) is 26.8. The quantitative estimate of drug-likeness (QED) is 0.249. The number of hydrogen-bond donors (Lipinski definition) is 2. The average Bonchev–Trinajstić information content (AvgIpc) is 3.34. The molecule has 3 aromatic carbocycles. The number of nitro benzene ring substituents is 1. The highest BCUT2D eigenvalue weighted by Gasteiger charge is 2.24. The lowest BCUT2D eigenvalue weighted by atomic mass is 10.2. The number of nitro groups is 1. The van der Waals surface area contributed by atoms with Crippen LogP contribution in [0.25, 0.3) is 0 Å². The summed E-state index contributed by atoms with van der Waals surface area (Å²) in [7, 11) is -7.99. The number of non-ortho nitro benzene ring substituents is 1. The normalized spacial score (nSPS) is 11.6. The molecule has 184 valence electrons. The zero-order chi connectivity index (χ0) is 25.9. The van der Waals surface area contributed by atoms with Crippen LogP contribution in [0, 0.1) is 10.1 Å². The van der Waals surface area contributed by atoms with Gasteiger partial charge in [0, 0.05) is 12.1 Å². The molecule has 4 rings (SSSR count). The maximum Gasteiger partial charge on any atom is 0.269 e. The van der Waals surface area contributed by atoms with Crippen molar-refractivity contribution in [2.75, 3.05) is 10.0 Å². The number of carbonyl (C=O) groups is 1. The van der Waals surface area contributed by atoms with E-state index < -0.39 is 30.7 Å². The van der Waals surface area contributed by atoms with E-state index in [2.05, 4.69) is 15.0 Å². The molecular formula is C22H16N4O7S3. The molecule has 14 heteroatoms. The first kappa shape index (κ1) is 25.0. The third kappa shape index (κ3) is 5.25. The number of carbonyl (C=O) groups excluding carboxylic acids is 1. The van der Waals surface area contributed by atoms with Crippen LogP contribution in [0.1, 0.15) is 10.4 Å². The standard InChI is InChI=1S/C22H16N4O7S3/c27-21(18-8-4-5-9-19(18)25-36(32,33)17-6-2-1-3-7-17)24-22-23-14-20(34-22)35(30,31)16-12-10-15(11-13-16)26(28)29/h1-14,25H,(H,23,24,27). The minimum atomic E-state index is -4.03. The van der Waals surface area contributed by atoms with Crippen LogP contribution in [0.3, 0.4) is 0 Å². The van der Waals surface area contributed by atoms with E-state index in [0.717, 1.165) is 30.5 Å². The second-order valence-corrected chi connectivity index (χ2v) is 12.0. The van der Waals surface area contributed by atoms with Crippen molar-refractivity contribution in [2.45, 2.75) is 14.0 Å². The van der Waals surface area contributed by atoms with Gasteiger partial charge in [0.05, 0.1) is 32.2 Å². The fraction of sp³-hybridized carbons (Fsp3) is 0. The highest BCUT2D eigenvalue weighted by molar-refractivity contribution is 7.93. The molecule has 0 aliphatic rings. The Morgan fingerprint density at radius 2 is 1.50 bits per heavy atom. The molecule has 11 nitrogen and oxygen atoms in total. The fourth-order valence-corrected chi connectivity index (χ4v) is 6.57. The van der Waals surface area contributed by atoms with E-state index in [0.29, 0.717) is 11.3 Å². The second-order valence-electron chi connectivity index (χ2n) is 7.16. The van der Waals surface area contributed by atoms with Gasteiger partial charge in [-0.25, -0.2) is 21.8 Å². The van der Waals surface area contributed by atoms with Crippen molar-refractivity contribution in [3.8, 4) is 0 Å². The van der Waals surface area contributed by atoms with E-state index in [9.17, 15) is 31.7 Å². The van der Waals surface area contributed by atoms with Gasteiger partial charge < -0.3 is 0 Å². The van der Waals surface area contributed by atoms with Crippen molar-refractivity contribution in [3.63, 3.8) is 0 Å². The number of aromatic nitrogens is 1. The molecule has 0 saturated carbocycles. The van der Waals surface area contributed by atoms with Crippen molar-refractivity contribution in [1.29, 1.82) is 0 Å². The summed E-state index contributed by atoms with van der Waals surface area (Å²) in [5.74, 6) is -0.713. The Kier molecular flexibility index (Phi) is 6.83. The summed E-state index contributed by atoms with van der Waals surface area (Å²) in [6.07, 6.45) is 1.06. The smallest absolute Gasteiger partial charge is 0.269 e. The number of rotatable bonds is 8. The molecule has 1 aromatic heterocycles. The van der Waals surface area contributed by atoms with E-state index >= 15 is 0 Å². The predicted octanol–water partition coefficient (Wildman–Crippen LogP) is 3.94. The van der Waals surface area contributed by atoms with Crippen LogP contribution in [0.5, 0.6) is 0 Å². The Balaban J connectivity index is 1.55. The number of thiazole rings is 1. The Morgan fingerprint density at radius 3 is 2.17 bits per heavy atom. The number of sulfonamides is 1. The molecule has 0 bridgehead atoms. The highest BCUT2D eigenvalue weighted by atomic mass is 32.2. The highest BCUT2D eigenvalue weighted by Crippen LogP contribution is 2.30. The van der Waals surface area contributed by atoms with E-state index in [1.54, 1.807) is 30.3 Å². The first-order valence-electron chi connectivity index (χ1n) is 10.0. The Hall–Kier alpha value is -4.14. The van der Waals surface area contributed by atoms with Crippen LogP contribution >= 0.6 is 11.3 Å². The number of amides is 1. The predicted molar refractivity (Wildman–Crippen MR) is 132 cm³/mol. The van der Waals surface area contributed by atoms with Gasteiger partial charge in [-0.2, -0.15) is 0 Å². The van der Waals surface area contributed by atoms with Crippen LogP contribution in [-0.4, -0.2) is 32.7 Å². The zero-order valence-electron chi connectivity index (χ0n) is 18.1. The Labute approximate surface area is 209 Å². The molecule has 0 atom stereocenters. The van der Waals surface area contributed by atoms with Crippen molar-refractivity contribution < 1.29 is 26.6 Å². The topological polar surface area (TPSA) is 165 Å². The third-order valence-electron chi connectivity index (χ3n) is 4.80. The summed E-state index contributed by atoms with van der Waals surface area (Å²) in [6.45, 7) is 0. The van der Waals surface area contributed by atoms with E-state index in [1.165, 1.54) is 24.3 Å². The molecule has 1 heterocycles. The number of benzene rings is 3. The van der Waals surface area contributed by atoms with Gasteiger partial charge in [-0.15, -0.1) is 0 Å². The van der Waals surface area contributed by atoms with Gasteiger partial charge in [0.2, 0.25) is 9.84 Å². The maximum atomic E-state index is 12.9. The second kappa shape index (κ2) is 9.85. The Bertz CT molecular complexity index is 1650. The van der Waals surface area contributed by atoms with Gasteiger partial charge in [0.25, 0.3) is 21.6 Å². The number of nitrogens with zero attached hydrogens (tertiary/aromatic N) is 2. The van der Waals surface area contributed by atoms with Crippen molar-refractivity contribution in [2.24, 2.45) is 0 Å². The SMILES string of the molecule is O=C(Nc1ncc(S(=O)(=O)c2ccc([N+](=O)[O-])cc2)s1)c1ccccc1NS(=O)(=O)c1ccccc1. The lowest BCUT2D eigenvalue weighted by Crippen LogP contribution is -2.18.